The zero-order valence-electron chi connectivity index (χ0n) is 18.4. The fraction of sp³-hybridized carbons (Fsp3) is 0.400. The van der Waals surface area contributed by atoms with Gasteiger partial charge in [-0.05, 0) is 24.6 Å². The molecule has 0 spiro atoms. The first-order valence-electron chi connectivity index (χ1n) is 10.1. The van der Waals surface area contributed by atoms with Crippen LogP contribution in [0.2, 0.25) is 0 Å². The quantitative estimate of drug-likeness (QED) is 0.402. The fourth-order valence-electron chi connectivity index (χ4n) is 3.12. The number of sulfonamides is 1. The molecule has 0 radical (unpaired) electrons. The number of hydrogen-bond acceptors (Lipinski definition) is 7. The Balaban J connectivity index is 1.65. The van der Waals surface area contributed by atoms with E-state index in [4.69, 9.17) is 4.74 Å². The monoisotopic (exact) mass is 500 g/mol. The maximum Gasteiger partial charge on any atom is 0.422 e. The van der Waals surface area contributed by atoms with Gasteiger partial charge in [0.2, 0.25) is 21.8 Å². The lowest BCUT2D eigenvalue weighted by Gasteiger charge is -2.11. The number of halogens is 3. The Kier molecular flexibility index (Phi) is 7.71. The Morgan fingerprint density at radius 1 is 1.24 bits per heavy atom. The number of amides is 1. The molecular formula is C20H23F3N6O4S. The molecule has 0 atom stereocenters. The van der Waals surface area contributed by atoms with Crippen LogP contribution >= 0.6 is 0 Å². The normalized spacial score (nSPS) is 12.1. The summed E-state index contributed by atoms with van der Waals surface area (Å²) in [4.78, 5) is 20.4. The van der Waals surface area contributed by atoms with Gasteiger partial charge in [-0.25, -0.2) is 18.1 Å². The minimum atomic E-state index is -4.45. The molecule has 10 nitrogen and oxygen atoms in total. The van der Waals surface area contributed by atoms with Crippen molar-refractivity contribution in [2.45, 2.75) is 26.1 Å². The van der Waals surface area contributed by atoms with Crippen LogP contribution in [-0.4, -0.2) is 66.2 Å². The summed E-state index contributed by atoms with van der Waals surface area (Å²) in [6, 6.07) is 3.36. The van der Waals surface area contributed by atoms with Crippen molar-refractivity contribution < 1.29 is 31.1 Å². The van der Waals surface area contributed by atoms with Gasteiger partial charge in [0.15, 0.2) is 6.61 Å². The molecule has 34 heavy (non-hydrogen) atoms. The molecule has 3 aromatic rings. The number of alkyl halides is 3. The van der Waals surface area contributed by atoms with Crippen molar-refractivity contribution in [2.24, 2.45) is 0 Å². The third kappa shape index (κ3) is 7.66. The van der Waals surface area contributed by atoms with Gasteiger partial charge in [0, 0.05) is 42.6 Å². The molecule has 3 aromatic heterocycles. The van der Waals surface area contributed by atoms with E-state index in [0.717, 1.165) is 6.26 Å². The highest BCUT2D eigenvalue weighted by Gasteiger charge is 2.29. The van der Waals surface area contributed by atoms with Crippen molar-refractivity contribution in [1.29, 1.82) is 0 Å². The first-order valence-corrected chi connectivity index (χ1v) is 12.0. The molecule has 1 amide bonds. The molecule has 0 aliphatic carbocycles. The molecule has 0 bridgehead atoms. The topological polar surface area (TPSA) is 128 Å². The van der Waals surface area contributed by atoms with E-state index >= 15 is 0 Å². The van der Waals surface area contributed by atoms with Crippen LogP contribution < -0.4 is 14.8 Å². The van der Waals surface area contributed by atoms with Crippen molar-refractivity contribution >= 4 is 26.8 Å². The lowest BCUT2D eigenvalue weighted by molar-refractivity contribution is -0.154. The zero-order chi connectivity index (χ0) is 24.9. The molecular weight excluding hydrogens is 477 g/mol. The smallest absolute Gasteiger partial charge is 0.422 e. The van der Waals surface area contributed by atoms with E-state index in [-0.39, 0.29) is 31.3 Å². The van der Waals surface area contributed by atoms with Gasteiger partial charge in [0.1, 0.15) is 0 Å². The van der Waals surface area contributed by atoms with Gasteiger partial charge in [-0.1, -0.05) is 0 Å². The first kappa shape index (κ1) is 25.4. The fourth-order valence-corrected chi connectivity index (χ4v) is 3.59. The average molecular weight is 501 g/mol. The molecule has 0 saturated heterocycles. The number of carbonyl (C=O) groups excluding carboxylic acids is 1. The Labute approximate surface area is 193 Å². The Bertz CT molecular complexity index is 1280. The van der Waals surface area contributed by atoms with Crippen LogP contribution in [0.1, 0.15) is 16.8 Å². The van der Waals surface area contributed by atoms with Gasteiger partial charge < -0.3 is 10.1 Å². The second-order valence-corrected chi connectivity index (χ2v) is 9.41. The van der Waals surface area contributed by atoms with Gasteiger partial charge in [-0.3, -0.25) is 14.5 Å². The van der Waals surface area contributed by atoms with E-state index in [9.17, 15) is 26.4 Å². The molecule has 2 N–H and O–H groups in total. The van der Waals surface area contributed by atoms with Crippen LogP contribution in [0.5, 0.6) is 5.88 Å². The van der Waals surface area contributed by atoms with E-state index in [1.165, 1.54) is 12.4 Å². The lowest BCUT2D eigenvalue weighted by atomic mass is 10.2. The summed E-state index contributed by atoms with van der Waals surface area (Å²) in [5.41, 5.74) is 2.28. The lowest BCUT2D eigenvalue weighted by Crippen LogP contribution is -2.35. The summed E-state index contributed by atoms with van der Waals surface area (Å²) in [6.07, 6.45) is 1.24. The highest BCUT2D eigenvalue weighted by atomic mass is 32.2. The maximum absolute atomic E-state index is 12.4. The summed E-state index contributed by atoms with van der Waals surface area (Å²) in [7, 11) is -3.33. The number of ether oxygens (including phenoxy) is 1. The number of aryl methyl sites for hydroxylation is 1. The van der Waals surface area contributed by atoms with E-state index in [1.807, 2.05) is 0 Å². The van der Waals surface area contributed by atoms with Crippen LogP contribution in [0.4, 0.5) is 13.2 Å². The molecule has 0 aliphatic heterocycles. The number of nitrogens with one attached hydrogen (secondary N) is 2. The second kappa shape index (κ2) is 10.3. The minimum absolute atomic E-state index is 0.0200. The van der Waals surface area contributed by atoms with Crippen LogP contribution in [0.3, 0.4) is 0 Å². The van der Waals surface area contributed by atoms with Gasteiger partial charge in [0.25, 0.3) is 0 Å². The Morgan fingerprint density at radius 2 is 2.00 bits per heavy atom. The SMILES string of the molecule is Cc1cc(Cn2cc3c(CC(=O)NCCNS(C)(=O)=O)nccc3n2)cnc1OCC(F)(F)F. The second-order valence-electron chi connectivity index (χ2n) is 7.58. The maximum atomic E-state index is 12.4. The third-order valence-corrected chi connectivity index (χ3v) is 5.24. The van der Waals surface area contributed by atoms with E-state index in [0.29, 0.717) is 34.3 Å². The molecule has 3 rings (SSSR count). The van der Waals surface area contributed by atoms with Gasteiger partial charge in [-0.15, -0.1) is 0 Å². The largest absolute Gasteiger partial charge is 0.468 e. The number of rotatable bonds is 10. The molecule has 14 heteroatoms. The van der Waals surface area contributed by atoms with Gasteiger partial charge >= 0.3 is 6.18 Å². The molecule has 184 valence electrons. The summed E-state index contributed by atoms with van der Waals surface area (Å²) in [6.45, 7) is 0.699. The van der Waals surface area contributed by atoms with Crippen molar-refractivity contribution in [3.05, 3.63) is 47.5 Å². The first-order chi connectivity index (χ1) is 15.9. The summed E-state index contributed by atoms with van der Waals surface area (Å²) < 4.78 is 67.8. The summed E-state index contributed by atoms with van der Waals surface area (Å²) in [5.74, 6) is -0.409. The van der Waals surface area contributed by atoms with Gasteiger partial charge in [0.05, 0.1) is 30.4 Å². The number of pyridine rings is 2. The summed E-state index contributed by atoms with van der Waals surface area (Å²) in [5, 5.41) is 7.75. The molecule has 3 heterocycles. The van der Waals surface area contributed by atoms with Crippen molar-refractivity contribution in [1.82, 2.24) is 29.8 Å². The minimum Gasteiger partial charge on any atom is -0.468 e. The molecule has 0 fully saturated rings. The van der Waals surface area contributed by atoms with Crippen molar-refractivity contribution in [3.8, 4) is 5.88 Å². The average Bonchev–Trinajstić information content (AvgIpc) is 3.13. The van der Waals surface area contributed by atoms with E-state index in [1.54, 1.807) is 29.9 Å². The number of nitrogens with zero attached hydrogens (tertiary/aromatic N) is 4. The van der Waals surface area contributed by atoms with Crippen LogP contribution in [-0.2, 0) is 27.8 Å². The Hall–Kier alpha value is -3.26. The highest BCUT2D eigenvalue weighted by molar-refractivity contribution is 7.88. The van der Waals surface area contributed by atoms with Crippen LogP contribution in [0.25, 0.3) is 10.9 Å². The number of aromatic nitrogens is 4. The van der Waals surface area contributed by atoms with E-state index < -0.39 is 22.8 Å². The predicted octanol–water partition coefficient (Wildman–Crippen LogP) is 1.33. The van der Waals surface area contributed by atoms with Crippen molar-refractivity contribution in [3.63, 3.8) is 0 Å². The molecule has 0 unspecified atom stereocenters. The van der Waals surface area contributed by atoms with Crippen molar-refractivity contribution in [2.75, 3.05) is 26.0 Å². The molecule has 0 aromatic carbocycles. The Morgan fingerprint density at radius 3 is 2.68 bits per heavy atom. The van der Waals surface area contributed by atoms with Crippen LogP contribution in [0, 0.1) is 6.92 Å². The number of hydrogen-bond donors (Lipinski definition) is 2. The van der Waals surface area contributed by atoms with Crippen LogP contribution in [0.15, 0.2) is 30.7 Å². The zero-order valence-corrected chi connectivity index (χ0v) is 19.2. The predicted molar refractivity (Wildman–Crippen MR) is 117 cm³/mol. The molecule has 0 aliphatic rings. The third-order valence-electron chi connectivity index (χ3n) is 4.51. The number of fused-ring (bicyclic) bond motifs is 1. The summed E-state index contributed by atoms with van der Waals surface area (Å²) >= 11 is 0. The standard InChI is InChI=1S/C20H23F3N6O4S/c1-13-7-14(9-26-19(13)33-12-20(21,22)23)10-29-11-15-16(28-29)3-4-24-17(15)8-18(30)25-5-6-27-34(2,31)32/h3-4,7,9,11,27H,5-6,8,10,12H2,1-2H3,(H,25,30). The van der Waals surface area contributed by atoms with E-state index in [2.05, 4.69) is 25.1 Å². The molecule has 0 saturated carbocycles. The number of carbonyl (C=O) groups is 1. The highest BCUT2D eigenvalue weighted by Crippen LogP contribution is 2.21. The van der Waals surface area contributed by atoms with Gasteiger partial charge in [-0.2, -0.15) is 18.3 Å².